The van der Waals surface area contributed by atoms with Crippen molar-refractivity contribution in [3.8, 4) is 5.88 Å². The summed E-state index contributed by atoms with van der Waals surface area (Å²) in [7, 11) is 0. The van der Waals surface area contributed by atoms with Gasteiger partial charge in [-0.25, -0.2) is 4.98 Å². The van der Waals surface area contributed by atoms with E-state index in [-0.39, 0.29) is 6.29 Å². The summed E-state index contributed by atoms with van der Waals surface area (Å²) in [6, 6.07) is 0.354. The van der Waals surface area contributed by atoms with E-state index in [1.807, 2.05) is 0 Å². The molecule has 1 heterocycles. The summed E-state index contributed by atoms with van der Waals surface area (Å²) < 4.78 is 77.6. The quantitative estimate of drug-likeness (QED) is 0.473. The Morgan fingerprint density at radius 1 is 1.26 bits per heavy atom. The first-order valence-electron chi connectivity index (χ1n) is 4.46. The van der Waals surface area contributed by atoms with Gasteiger partial charge < -0.3 is 4.74 Å². The van der Waals surface area contributed by atoms with E-state index in [1.165, 1.54) is 0 Å². The first-order chi connectivity index (χ1) is 8.58. The zero-order chi connectivity index (χ0) is 14.8. The second kappa shape index (κ2) is 5.35. The average molecular weight is 352 g/mol. The van der Waals surface area contributed by atoms with Gasteiger partial charge in [0.25, 0.3) is 0 Å². The molecule has 0 bridgehead atoms. The van der Waals surface area contributed by atoms with Crippen molar-refractivity contribution in [2.24, 2.45) is 0 Å². The lowest BCUT2D eigenvalue weighted by atomic mass is 10.1. The molecule has 0 saturated heterocycles. The molecule has 0 aliphatic rings. The topological polar surface area (TPSA) is 39.2 Å². The Morgan fingerprint density at radius 3 is 2.21 bits per heavy atom. The van der Waals surface area contributed by atoms with Crippen molar-refractivity contribution in [3.05, 3.63) is 22.9 Å². The van der Waals surface area contributed by atoms with Gasteiger partial charge in [-0.1, -0.05) is 15.9 Å². The van der Waals surface area contributed by atoms with Gasteiger partial charge in [0.05, 0.1) is 5.56 Å². The minimum absolute atomic E-state index is 0.101. The number of ether oxygens (including phenoxy) is 1. The normalized spacial score (nSPS) is 12.4. The molecule has 10 heteroatoms. The van der Waals surface area contributed by atoms with Crippen LogP contribution in [0.25, 0.3) is 0 Å². The highest BCUT2D eigenvalue weighted by Gasteiger charge is 2.39. The smallest absolute Gasteiger partial charge is 0.388 e. The lowest BCUT2D eigenvalue weighted by Crippen LogP contribution is -2.21. The van der Waals surface area contributed by atoms with Crippen LogP contribution in [0.2, 0.25) is 0 Å². The molecule has 0 atom stereocenters. The fourth-order valence-electron chi connectivity index (χ4n) is 1.20. The van der Waals surface area contributed by atoms with Crippen molar-refractivity contribution < 1.29 is 35.9 Å². The van der Waals surface area contributed by atoms with E-state index in [4.69, 9.17) is 0 Å². The molecule has 3 nitrogen and oxygen atoms in total. The summed E-state index contributed by atoms with van der Waals surface area (Å²) in [6.07, 6.45) is -10.3. The van der Waals surface area contributed by atoms with Crippen molar-refractivity contribution >= 4 is 22.2 Å². The van der Waals surface area contributed by atoms with Crippen LogP contribution in [0, 0.1) is 0 Å². The van der Waals surface area contributed by atoms with Crippen LogP contribution in [0.3, 0.4) is 0 Å². The third-order valence-electron chi connectivity index (χ3n) is 1.88. The molecule has 1 aromatic heterocycles. The molecule has 106 valence electrons. The zero-order valence-corrected chi connectivity index (χ0v) is 10.4. The summed E-state index contributed by atoms with van der Waals surface area (Å²) >= 11 is 2.63. The number of aldehydes is 1. The molecule has 0 aliphatic carbocycles. The maximum atomic E-state index is 12.7. The van der Waals surface area contributed by atoms with Gasteiger partial charge in [-0.05, 0) is 6.07 Å². The molecule has 0 fully saturated rings. The monoisotopic (exact) mass is 351 g/mol. The van der Waals surface area contributed by atoms with Crippen molar-refractivity contribution in [2.45, 2.75) is 17.9 Å². The Balaban J connectivity index is 3.48. The lowest BCUT2D eigenvalue weighted by molar-refractivity contribution is -0.276. The molecule has 0 aliphatic heterocycles. The van der Waals surface area contributed by atoms with Gasteiger partial charge in [0, 0.05) is 10.9 Å². The molecule has 0 spiro atoms. The first-order valence-corrected chi connectivity index (χ1v) is 5.58. The fourth-order valence-corrected chi connectivity index (χ4v) is 1.75. The van der Waals surface area contributed by atoms with Crippen LogP contribution < -0.4 is 4.74 Å². The van der Waals surface area contributed by atoms with Gasteiger partial charge >= 0.3 is 12.5 Å². The molecule has 0 amide bonds. The third kappa shape index (κ3) is 4.08. The molecule has 0 N–H and O–H groups in total. The van der Waals surface area contributed by atoms with Gasteiger partial charge in [-0.2, -0.15) is 13.2 Å². The number of rotatable bonds is 3. The Morgan fingerprint density at radius 2 is 1.84 bits per heavy atom. The lowest BCUT2D eigenvalue weighted by Gasteiger charge is -2.16. The Bertz CT molecular complexity index is 485. The van der Waals surface area contributed by atoms with E-state index >= 15 is 0 Å². The van der Waals surface area contributed by atoms with Gasteiger partial charge in [-0.3, -0.25) is 4.79 Å². The number of pyridine rings is 1. The molecular formula is C9H4BrF6NO2. The zero-order valence-electron chi connectivity index (χ0n) is 8.77. The Labute approximate surface area is 110 Å². The largest absolute Gasteiger partial charge is 0.574 e. The number of halogens is 7. The number of alkyl halides is 7. The van der Waals surface area contributed by atoms with Crippen LogP contribution in [0.5, 0.6) is 5.88 Å². The summed E-state index contributed by atoms with van der Waals surface area (Å²) in [5.41, 5.74) is -3.06. The SMILES string of the molecule is O=Cc1cc(C(F)(F)F)c(CBr)c(OC(F)(F)F)n1. The maximum Gasteiger partial charge on any atom is 0.574 e. The van der Waals surface area contributed by atoms with Crippen LogP contribution in [0.1, 0.15) is 21.6 Å². The standard InChI is InChI=1S/C9H4BrF6NO2/c10-2-5-6(8(11,12)13)1-4(3-18)17-7(5)19-9(14,15)16/h1,3H,2H2. The van der Waals surface area contributed by atoms with Crippen molar-refractivity contribution in [1.82, 2.24) is 4.98 Å². The summed E-state index contributed by atoms with van der Waals surface area (Å²) in [5.74, 6) is -1.30. The second-order valence-electron chi connectivity index (χ2n) is 3.18. The van der Waals surface area contributed by atoms with E-state index in [0.717, 1.165) is 0 Å². The Hall–Kier alpha value is -1.32. The maximum absolute atomic E-state index is 12.7. The molecule has 19 heavy (non-hydrogen) atoms. The number of carbonyl (C=O) groups excluding carboxylic acids is 1. The van der Waals surface area contributed by atoms with Gasteiger partial charge in [-0.15, -0.1) is 13.2 Å². The Kier molecular flexibility index (Phi) is 4.43. The van der Waals surface area contributed by atoms with E-state index in [9.17, 15) is 31.1 Å². The molecule has 1 rings (SSSR count). The number of hydrogen-bond acceptors (Lipinski definition) is 3. The molecule has 0 radical (unpaired) electrons. The van der Waals surface area contributed by atoms with E-state index in [0.29, 0.717) is 6.07 Å². The number of hydrogen-bond donors (Lipinski definition) is 0. The van der Waals surface area contributed by atoms with Gasteiger partial charge in [0.1, 0.15) is 5.69 Å². The van der Waals surface area contributed by atoms with Crippen LogP contribution in [-0.4, -0.2) is 17.6 Å². The molecular weight excluding hydrogens is 348 g/mol. The van der Waals surface area contributed by atoms with E-state index in [2.05, 4.69) is 25.7 Å². The molecule has 1 aromatic rings. The van der Waals surface area contributed by atoms with Crippen molar-refractivity contribution in [1.29, 1.82) is 0 Å². The molecule has 0 aromatic carbocycles. The van der Waals surface area contributed by atoms with E-state index in [1.54, 1.807) is 0 Å². The average Bonchev–Trinajstić information content (AvgIpc) is 2.24. The third-order valence-corrected chi connectivity index (χ3v) is 2.44. The first kappa shape index (κ1) is 15.7. The molecule has 0 unspecified atom stereocenters. The van der Waals surface area contributed by atoms with E-state index < -0.39 is 40.6 Å². The predicted octanol–water partition coefficient (Wildman–Crippen LogP) is 3.71. The summed E-state index contributed by atoms with van der Waals surface area (Å²) in [5, 5.41) is -0.570. The van der Waals surface area contributed by atoms with Crippen LogP contribution >= 0.6 is 15.9 Å². The van der Waals surface area contributed by atoms with Crippen LogP contribution in [-0.2, 0) is 11.5 Å². The predicted molar refractivity (Wildman–Crippen MR) is 53.9 cm³/mol. The number of aromatic nitrogens is 1. The second-order valence-corrected chi connectivity index (χ2v) is 3.74. The summed E-state index contributed by atoms with van der Waals surface area (Å²) in [4.78, 5) is 13.5. The van der Waals surface area contributed by atoms with Crippen LogP contribution in [0.4, 0.5) is 26.3 Å². The number of nitrogens with zero attached hydrogens (tertiary/aromatic N) is 1. The highest BCUT2D eigenvalue weighted by molar-refractivity contribution is 9.08. The minimum Gasteiger partial charge on any atom is -0.388 e. The van der Waals surface area contributed by atoms with Crippen molar-refractivity contribution in [2.75, 3.05) is 0 Å². The highest BCUT2D eigenvalue weighted by atomic mass is 79.9. The molecule has 0 saturated carbocycles. The highest BCUT2D eigenvalue weighted by Crippen LogP contribution is 2.38. The fraction of sp³-hybridized carbons (Fsp3) is 0.333. The van der Waals surface area contributed by atoms with Gasteiger partial charge in [0.15, 0.2) is 6.29 Å². The van der Waals surface area contributed by atoms with Gasteiger partial charge in [0.2, 0.25) is 5.88 Å². The van der Waals surface area contributed by atoms with Crippen LogP contribution in [0.15, 0.2) is 6.07 Å². The minimum atomic E-state index is -5.21. The van der Waals surface area contributed by atoms with Crippen molar-refractivity contribution in [3.63, 3.8) is 0 Å². The summed E-state index contributed by atoms with van der Waals surface area (Å²) in [6.45, 7) is 0. The number of carbonyl (C=O) groups is 1.